The van der Waals surface area contributed by atoms with Crippen LogP contribution in [-0.2, 0) is 6.54 Å². The second-order valence-electron chi connectivity index (χ2n) is 6.47. The van der Waals surface area contributed by atoms with Gasteiger partial charge in [-0.15, -0.1) is 0 Å². The van der Waals surface area contributed by atoms with Crippen LogP contribution >= 0.6 is 0 Å². The predicted molar refractivity (Wildman–Crippen MR) is 81.7 cm³/mol. The molecular formula is C17H24N2O. The van der Waals surface area contributed by atoms with E-state index < -0.39 is 0 Å². The van der Waals surface area contributed by atoms with E-state index in [0.717, 1.165) is 23.6 Å². The summed E-state index contributed by atoms with van der Waals surface area (Å²) >= 11 is 0. The van der Waals surface area contributed by atoms with Crippen molar-refractivity contribution in [2.24, 2.45) is 0 Å². The molecule has 0 atom stereocenters. The predicted octanol–water partition coefficient (Wildman–Crippen LogP) is 3.69. The lowest BCUT2D eigenvalue weighted by Crippen LogP contribution is -2.31. The van der Waals surface area contributed by atoms with Crippen molar-refractivity contribution in [3.63, 3.8) is 0 Å². The van der Waals surface area contributed by atoms with Crippen molar-refractivity contribution in [1.29, 1.82) is 0 Å². The molecule has 0 bridgehead atoms. The van der Waals surface area contributed by atoms with Gasteiger partial charge in [-0.2, -0.15) is 0 Å². The molecule has 108 valence electrons. The van der Waals surface area contributed by atoms with Gasteiger partial charge >= 0.3 is 0 Å². The van der Waals surface area contributed by atoms with Gasteiger partial charge in [-0.1, -0.05) is 25.3 Å². The first-order valence-electron chi connectivity index (χ1n) is 7.73. The van der Waals surface area contributed by atoms with Crippen LogP contribution in [0.15, 0.2) is 18.3 Å². The quantitative estimate of drug-likeness (QED) is 0.911. The molecule has 2 aliphatic rings. The first-order chi connectivity index (χ1) is 9.62. The zero-order valence-electron chi connectivity index (χ0n) is 12.5. The van der Waals surface area contributed by atoms with Gasteiger partial charge in [0.1, 0.15) is 11.4 Å². The van der Waals surface area contributed by atoms with Crippen LogP contribution in [0.4, 0.5) is 0 Å². The van der Waals surface area contributed by atoms with E-state index in [1.165, 1.54) is 32.1 Å². The summed E-state index contributed by atoms with van der Waals surface area (Å²) in [4.78, 5) is 4.52. The molecule has 1 aliphatic heterocycles. The molecule has 0 saturated heterocycles. The lowest BCUT2D eigenvalue weighted by Gasteiger charge is -2.28. The van der Waals surface area contributed by atoms with E-state index in [-0.39, 0.29) is 5.60 Å². The molecule has 3 heteroatoms. The van der Waals surface area contributed by atoms with E-state index in [9.17, 15) is 0 Å². The number of hydrogen-bond acceptors (Lipinski definition) is 3. The van der Waals surface area contributed by atoms with Gasteiger partial charge in [0.15, 0.2) is 0 Å². The number of nitrogens with zero attached hydrogens (tertiary/aromatic N) is 1. The molecule has 0 amide bonds. The van der Waals surface area contributed by atoms with Crippen LogP contribution in [0.5, 0.6) is 5.75 Å². The second kappa shape index (κ2) is 5.57. The number of nitrogens with one attached hydrogen (secondary N) is 1. The number of aromatic nitrogens is 1. The highest BCUT2D eigenvalue weighted by Gasteiger charge is 2.22. The first kappa shape index (κ1) is 13.6. The Morgan fingerprint density at radius 1 is 1.30 bits per heavy atom. The minimum atomic E-state index is -0.226. The van der Waals surface area contributed by atoms with Crippen molar-refractivity contribution in [2.45, 2.75) is 64.1 Å². The lowest BCUT2D eigenvalue weighted by molar-refractivity contribution is 0.158. The molecule has 0 aromatic carbocycles. The fraction of sp³-hybridized carbons (Fsp3) is 0.588. The number of fused-ring (bicyclic) bond motifs is 1. The van der Waals surface area contributed by atoms with Crippen LogP contribution in [0.3, 0.4) is 0 Å². The minimum absolute atomic E-state index is 0.226. The van der Waals surface area contributed by atoms with Gasteiger partial charge in [-0.3, -0.25) is 4.98 Å². The van der Waals surface area contributed by atoms with E-state index in [1.807, 2.05) is 6.20 Å². The maximum Gasteiger partial charge on any atom is 0.146 e. The average molecular weight is 272 g/mol. The van der Waals surface area contributed by atoms with Gasteiger partial charge in [0.05, 0.1) is 11.9 Å². The molecule has 1 aromatic heterocycles. The Morgan fingerprint density at radius 3 is 2.90 bits per heavy atom. The summed E-state index contributed by atoms with van der Waals surface area (Å²) in [6.45, 7) is 4.98. The molecule has 1 aromatic rings. The largest absolute Gasteiger partial charge is 0.482 e. The zero-order valence-corrected chi connectivity index (χ0v) is 12.5. The Kier molecular flexibility index (Phi) is 3.79. The van der Waals surface area contributed by atoms with Crippen LogP contribution in [0.25, 0.3) is 6.08 Å². The molecular weight excluding hydrogens is 248 g/mol. The Bertz CT molecular complexity index is 502. The third-order valence-corrected chi connectivity index (χ3v) is 4.17. The lowest BCUT2D eigenvalue weighted by atomic mass is 9.95. The van der Waals surface area contributed by atoms with Gasteiger partial charge in [0, 0.05) is 18.2 Å². The van der Waals surface area contributed by atoms with Crippen LogP contribution in [0.1, 0.15) is 57.2 Å². The van der Waals surface area contributed by atoms with E-state index in [0.29, 0.717) is 6.04 Å². The first-order valence-corrected chi connectivity index (χ1v) is 7.73. The molecule has 1 saturated carbocycles. The summed E-state index contributed by atoms with van der Waals surface area (Å²) in [5, 5.41) is 3.63. The number of rotatable bonds is 3. The van der Waals surface area contributed by atoms with Crippen molar-refractivity contribution < 1.29 is 4.74 Å². The third-order valence-electron chi connectivity index (χ3n) is 4.17. The standard InChI is InChI=1S/C17H24N2O/c1-17(2)9-8-13-10-15(19-12-16(13)20-17)11-18-14-6-4-3-5-7-14/h8-10,12,14,18H,3-7,11H2,1-2H3. The van der Waals surface area contributed by atoms with Crippen molar-refractivity contribution in [1.82, 2.24) is 10.3 Å². The smallest absolute Gasteiger partial charge is 0.146 e. The maximum atomic E-state index is 5.90. The second-order valence-corrected chi connectivity index (χ2v) is 6.47. The highest BCUT2D eigenvalue weighted by atomic mass is 16.5. The Morgan fingerprint density at radius 2 is 2.10 bits per heavy atom. The molecule has 3 nitrogen and oxygen atoms in total. The average Bonchev–Trinajstić information content (AvgIpc) is 2.45. The van der Waals surface area contributed by atoms with Gasteiger partial charge in [0.25, 0.3) is 0 Å². The molecule has 0 radical (unpaired) electrons. The molecule has 0 unspecified atom stereocenters. The summed E-state index contributed by atoms with van der Waals surface area (Å²) < 4.78 is 5.90. The Hall–Kier alpha value is -1.35. The van der Waals surface area contributed by atoms with E-state index >= 15 is 0 Å². The molecule has 20 heavy (non-hydrogen) atoms. The van der Waals surface area contributed by atoms with E-state index in [2.05, 4.69) is 42.4 Å². The summed E-state index contributed by atoms with van der Waals surface area (Å²) in [5.74, 6) is 0.888. The molecule has 1 N–H and O–H groups in total. The third kappa shape index (κ3) is 3.21. The number of pyridine rings is 1. The SMILES string of the molecule is CC1(C)C=Cc2cc(CNC3CCCCC3)ncc2O1. The van der Waals surface area contributed by atoms with E-state index in [4.69, 9.17) is 4.74 Å². The van der Waals surface area contributed by atoms with Crippen molar-refractivity contribution in [3.05, 3.63) is 29.6 Å². The number of hydrogen-bond donors (Lipinski definition) is 1. The van der Waals surface area contributed by atoms with Gasteiger partial charge < -0.3 is 10.1 Å². The Labute approximate surface area is 121 Å². The van der Waals surface area contributed by atoms with Gasteiger partial charge in [0.2, 0.25) is 0 Å². The maximum absolute atomic E-state index is 5.90. The summed E-state index contributed by atoms with van der Waals surface area (Å²) in [5.41, 5.74) is 2.01. The summed E-state index contributed by atoms with van der Waals surface area (Å²) in [6, 6.07) is 2.81. The van der Waals surface area contributed by atoms with Crippen LogP contribution in [-0.4, -0.2) is 16.6 Å². The van der Waals surface area contributed by atoms with Gasteiger partial charge in [-0.05, 0) is 38.8 Å². The fourth-order valence-corrected chi connectivity index (χ4v) is 2.98. The molecule has 2 heterocycles. The number of ether oxygens (including phenoxy) is 1. The van der Waals surface area contributed by atoms with Crippen molar-refractivity contribution >= 4 is 6.08 Å². The minimum Gasteiger partial charge on any atom is -0.482 e. The molecule has 1 aliphatic carbocycles. The van der Waals surface area contributed by atoms with Crippen LogP contribution < -0.4 is 10.1 Å². The molecule has 0 spiro atoms. The van der Waals surface area contributed by atoms with Crippen LogP contribution in [0.2, 0.25) is 0 Å². The normalized spacial score (nSPS) is 21.3. The monoisotopic (exact) mass is 272 g/mol. The summed E-state index contributed by atoms with van der Waals surface area (Å²) in [6.07, 6.45) is 12.8. The molecule has 3 rings (SSSR count). The fourth-order valence-electron chi connectivity index (χ4n) is 2.98. The van der Waals surface area contributed by atoms with Crippen LogP contribution in [0, 0.1) is 0 Å². The Balaban J connectivity index is 1.64. The highest BCUT2D eigenvalue weighted by Crippen LogP contribution is 2.30. The van der Waals surface area contributed by atoms with Crippen molar-refractivity contribution in [2.75, 3.05) is 0 Å². The zero-order chi connectivity index (χ0) is 14.0. The van der Waals surface area contributed by atoms with Gasteiger partial charge in [-0.25, -0.2) is 0 Å². The highest BCUT2D eigenvalue weighted by molar-refractivity contribution is 5.60. The molecule has 1 fully saturated rings. The summed E-state index contributed by atoms with van der Waals surface area (Å²) in [7, 11) is 0. The van der Waals surface area contributed by atoms with E-state index in [1.54, 1.807) is 0 Å². The topological polar surface area (TPSA) is 34.2 Å². The van der Waals surface area contributed by atoms with Crippen molar-refractivity contribution in [3.8, 4) is 5.75 Å².